The Bertz CT molecular complexity index is 1410. The molecule has 6 N–H and O–H groups in total. The Morgan fingerprint density at radius 1 is 1.17 bits per heavy atom. The van der Waals surface area contributed by atoms with Crippen LogP contribution in [0.2, 0.25) is 0 Å². The fourth-order valence-corrected chi connectivity index (χ4v) is 7.12. The zero-order chi connectivity index (χ0) is 30.7. The Hall–Kier alpha value is -3.42. The van der Waals surface area contributed by atoms with Crippen molar-refractivity contribution in [1.29, 1.82) is 0 Å². The lowest BCUT2D eigenvalue weighted by atomic mass is 9.59. The van der Waals surface area contributed by atoms with Gasteiger partial charge in [0.2, 0.25) is 5.78 Å². The molecule has 1 unspecified atom stereocenters. The van der Waals surface area contributed by atoms with Gasteiger partial charge in [-0.15, -0.1) is 0 Å². The standard InChI is InChI=1S/C29H34F3N3O7/c1-2-34(7-8-35-5-3-4-6-35)13-15-11-18(36)21-17(23(15)29(30,31)32)10-14-9-16-12-19(37)22(27(33)41)26(40)28(16,42)25(39)20(14)24(21)38/h11,14,16,36,38,40,42H,2-10,12-13H2,1H3,(H2,33,41)/t14?,16-,28-/m0/s1. The zero-order valence-corrected chi connectivity index (χ0v) is 23.1. The first-order valence-electron chi connectivity index (χ1n) is 14.1. The molecule has 1 amide bonds. The number of phenols is 1. The third-order valence-electron chi connectivity index (χ3n) is 9.20. The first kappa shape index (κ1) is 30.1. The third kappa shape index (κ3) is 4.77. The van der Waals surface area contributed by atoms with Crippen LogP contribution >= 0.6 is 0 Å². The van der Waals surface area contributed by atoms with Gasteiger partial charge in [0, 0.05) is 37.5 Å². The van der Waals surface area contributed by atoms with E-state index in [0.29, 0.717) is 19.6 Å². The van der Waals surface area contributed by atoms with Crippen LogP contribution in [0.5, 0.6) is 5.75 Å². The van der Waals surface area contributed by atoms with Crippen molar-refractivity contribution >= 4 is 23.2 Å². The number of hydrogen-bond acceptors (Lipinski definition) is 9. The van der Waals surface area contributed by atoms with Crippen molar-refractivity contribution in [2.75, 3.05) is 32.7 Å². The van der Waals surface area contributed by atoms with Crippen molar-refractivity contribution < 1.29 is 48.0 Å². The molecule has 0 aromatic heterocycles. The van der Waals surface area contributed by atoms with Crippen LogP contribution in [-0.2, 0) is 33.5 Å². The molecule has 1 aromatic carbocycles. The maximum Gasteiger partial charge on any atom is 0.417 e. The van der Waals surface area contributed by atoms with Crippen LogP contribution in [-0.4, -0.2) is 86.0 Å². The molecule has 13 heteroatoms. The Balaban J connectivity index is 1.58. The number of carbonyl (C=O) groups is 3. The van der Waals surface area contributed by atoms with Crippen molar-refractivity contribution in [1.82, 2.24) is 9.80 Å². The van der Waals surface area contributed by atoms with Gasteiger partial charge in [-0.25, -0.2) is 0 Å². The highest BCUT2D eigenvalue weighted by molar-refractivity contribution is 6.22. The quantitative estimate of drug-likeness (QED) is 0.299. The molecule has 42 heavy (non-hydrogen) atoms. The van der Waals surface area contributed by atoms with E-state index in [9.17, 15) is 48.0 Å². The monoisotopic (exact) mass is 593 g/mol. The van der Waals surface area contributed by atoms with E-state index in [4.69, 9.17) is 5.73 Å². The van der Waals surface area contributed by atoms with Gasteiger partial charge in [0.25, 0.3) is 5.91 Å². The molecule has 0 spiro atoms. The van der Waals surface area contributed by atoms with Gasteiger partial charge in [-0.2, -0.15) is 13.2 Å². The molecule has 1 heterocycles. The summed E-state index contributed by atoms with van der Waals surface area (Å²) in [5.41, 5.74) is -1.15. The van der Waals surface area contributed by atoms with Crippen molar-refractivity contribution in [3.05, 3.63) is 45.2 Å². The van der Waals surface area contributed by atoms with Gasteiger partial charge in [0.1, 0.15) is 22.8 Å². The number of nitrogens with zero attached hydrogens (tertiary/aromatic N) is 2. The topological polar surface area (TPSA) is 165 Å². The Kier molecular flexibility index (Phi) is 7.65. The molecule has 1 aliphatic heterocycles. The lowest BCUT2D eigenvalue weighted by Gasteiger charge is -2.46. The number of aliphatic hydroxyl groups is 3. The first-order valence-corrected chi connectivity index (χ1v) is 14.1. The highest BCUT2D eigenvalue weighted by atomic mass is 19.4. The summed E-state index contributed by atoms with van der Waals surface area (Å²) < 4.78 is 44.1. The highest BCUT2D eigenvalue weighted by Gasteiger charge is 2.60. The average molecular weight is 594 g/mol. The van der Waals surface area contributed by atoms with Gasteiger partial charge in [-0.1, -0.05) is 6.92 Å². The fourth-order valence-electron chi connectivity index (χ4n) is 7.12. The highest BCUT2D eigenvalue weighted by Crippen LogP contribution is 2.54. The molecule has 5 rings (SSSR count). The minimum atomic E-state index is -4.86. The Morgan fingerprint density at radius 3 is 2.43 bits per heavy atom. The van der Waals surface area contributed by atoms with Crippen LogP contribution in [0, 0.1) is 11.8 Å². The summed E-state index contributed by atoms with van der Waals surface area (Å²) in [6.45, 7) is 5.31. The number of nitrogens with two attached hydrogens (primary N) is 1. The molecule has 3 atom stereocenters. The predicted molar refractivity (Wildman–Crippen MR) is 143 cm³/mol. The number of carbonyl (C=O) groups excluding carboxylic acids is 3. The largest absolute Gasteiger partial charge is 0.508 e. The number of aromatic hydroxyl groups is 1. The van der Waals surface area contributed by atoms with E-state index in [-0.39, 0.29) is 24.1 Å². The van der Waals surface area contributed by atoms with Gasteiger partial charge in [-0.05, 0) is 68.4 Å². The summed E-state index contributed by atoms with van der Waals surface area (Å²) in [6, 6.07) is 0.948. The molecule has 1 saturated heterocycles. The Labute approximate surface area is 239 Å². The average Bonchev–Trinajstić information content (AvgIpc) is 3.41. The number of rotatable bonds is 7. The van der Waals surface area contributed by atoms with E-state index in [1.54, 1.807) is 0 Å². The van der Waals surface area contributed by atoms with Crippen LogP contribution in [0.25, 0.3) is 5.76 Å². The van der Waals surface area contributed by atoms with Crippen molar-refractivity contribution in [2.45, 2.75) is 57.3 Å². The molecule has 1 aromatic rings. The van der Waals surface area contributed by atoms with Gasteiger partial charge in [0.15, 0.2) is 11.4 Å². The number of halogens is 3. The maximum absolute atomic E-state index is 14.7. The number of likely N-dealkylation sites (N-methyl/N-ethyl adjacent to an activating group) is 1. The van der Waals surface area contributed by atoms with Gasteiger partial charge in [-0.3, -0.25) is 19.3 Å². The molecule has 0 radical (unpaired) electrons. The number of fused-ring (bicyclic) bond motifs is 3. The van der Waals surface area contributed by atoms with Gasteiger partial charge < -0.3 is 31.1 Å². The second kappa shape index (κ2) is 10.7. The third-order valence-corrected chi connectivity index (χ3v) is 9.20. The van der Waals surface area contributed by atoms with Crippen LogP contribution in [0.3, 0.4) is 0 Å². The van der Waals surface area contributed by atoms with Crippen molar-refractivity contribution in [2.24, 2.45) is 17.6 Å². The number of alkyl halides is 3. The first-order chi connectivity index (χ1) is 19.7. The number of ketones is 2. The van der Waals surface area contributed by atoms with Crippen molar-refractivity contribution in [3.8, 4) is 5.75 Å². The molecule has 4 aliphatic rings. The molecule has 2 fully saturated rings. The molecule has 1 saturated carbocycles. The molecular formula is C29H34F3N3O7. The van der Waals surface area contributed by atoms with Gasteiger partial charge in [0.05, 0.1) is 11.1 Å². The van der Waals surface area contributed by atoms with E-state index in [0.717, 1.165) is 32.0 Å². The summed E-state index contributed by atoms with van der Waals surface area (Å²) in [4.78, 5) is 42.0. The second-order valence-electron chi connectivity index (χ2n) is 11.6. The summed E-state index contributed by atoms with van der Waals surface area (Å²) in [5, 5.41) is 44.1. The molecule has 228 valence electrons. The summed E-state index contributed by atoms with van der Waals surface area (Å²) in [7, 11) is 0. The van der Waals surface area contributed by atoms with Crippen LogP contribution in [0.1, 0.15) is 54.9 Å². The second-order valence-corrected chi connectivity index (χ2v) is 11.6. The van der Waals surface area contributed by atoms with Crippen LogP contribution in [0.4, 0.5) is 13.2 Å². The number of phenolic OH excluding ortho intramolecular Hbond substituents is 1. The van der Waals surface area contributed by atoms with Crippen LogP contribution < -0.4 is 5.73 Å². The SMILES string of the molecule is CCN(CCN1CCCC1)Cc1cc(O)c2c(c1C(F)(F)F)CC1C[C@H]3CC(=O)C(C(N)=O)=C(O)[C@@]3(O)C(=O)C1=C2O. The lowest BCUT2D eigenvalue weighted by Crippen LogP contribution is -2.58. The summed E-state index contributed by atoms with van der Waals surface area (Å²) >= 11 is 0. The normalized spacial score (nSPS) is 26.5. The smallest absolute Gasteiger partial charge is 0.417 e. The number of hydrogen-bond donors (Lipinski definition) is 5. The fraction of sp³-hybridized carbons (Fsp3) is 0.552. The molecule has 0 bridgehead atoms. The number of likely N-dealkylation sites (tertiary alicyclic amines) is 1. The van der Waals surface area contributed by atoms with Crippen molar-refractivity contribution in [3.63, 3.8) is 0 Å². The summed E-state index contributed by atoms with van der Waals surface area (Å²) in [6.07, 6.45) is -3.91. The summed E-state index contributed by atoms with van der Waals surface area (Å²) in [5.74, 6) is -8.69. The lowest BCUT2D eigenvalue weighted by molar-refractivity contribution is -0.147. The van der Waals surface area contributed by atoms with Crippen LogP contribution in [0.15, 0.2) is 23.0 Å². The minimum absolute atomic E-state index is 0.105. The predicted octanol–water partition coefficient (Wildman–Crippen LogP) is 2.36. The zero-order valence-electron chi connectivity index (χ0n) is 23.1. The molecule has 10 nitrogen and oxygen atoms in total. The number of benzene rings is 1. The van der Waals surface area contributed by atoms with E-state index in [1.165, 1.54) is 0 Å². The molecule has 3 aliphatic carbocycles. The van der Waals surface area contributed by atoms with Gasteiger partial charge >= 0.3 is 6.18 Å². The minimum Gasteiger partial charge on any atom is -0.508 e. The maximum atomic E-state index is 14.7. The van der Waals surface area contributed by atoms with E-state index in [1.807, 2.05) is 11.8 Å². The van der Waals surface area contributed by atoms with E-state index < -0.39 is 93.5 Å². The number of primary amides is 1. The van der Waals surface area contributed by atoms with E-state index in [2.05, 4.69) is 4.90 Å². The Morgan fingerprint density at radius 2 is 1.83 bits per heavy atom. The number of amides is 1. The number of aliphatic hydroxyl groups excluding tert-OH is 2. The number of Topliss-reactive ketones (excluding diaryl/α,β-unsaturated/α-hetero) is 2. The van der Waals surface area contributed by atoms with E-state index >= 15 is 0 Å². The molecular weight excluding hydrogens is 559 g/mol.